The SMILES string of the molecule is CCCC[C@@H](C)C1(CC)C(=O)NC(=O)NC1=O. The molecule has 0 aliphatic carbocycles. The van der Waals surface area contributed by atoms with Gasteiger partial charge >= 0.3 is 6.03 Å². The Balaban J connectivity index is 2.96. The van der Waals surface area contributed by atoms with E-state index in [1.54, 1.807) is 6.92 Å². The quantitative estimate of drug-likeness (QED) is 0.716. The summed E-state index contributed by atoms with van der Waals surface area (Å²) < 4.78 is 0. The van der Waals surface area contributed by atoms with Crippen LogP contribution >= 0.6 is 0 Å². The summed E-state index contributed by atoms with van der Waals surface area (Å²) >= 11 is 0. The van der Waals surface area contributed by atoms with Crippen LogP contribution in [0.3, 0.4) is 0 Å². The summed E-state index contributed by atoms with van der Waals surface area (Å²) in [5, 5.41) is 4.40. The lowest BCUT2D eigenvalue weighted by Crippen LogP contribution is -2.64. The van der Waals surface area contributed by atoms with Gasteiger partial charge in [0.2, 0.25) is 11.8 Å². The van der Waals surface area contributed by atoms with Crippen LogP contribution in [0.4, 0.5) is 4.79 Å². The summed E-state index contributed by atoms with van der Waals surface area (Å²) in [5.74, 6) is -0.991. The smallest absolute Gasteiger partial charge is 0.277 e. The number of hydrogen-bond donors (Lipinski definition) is 2. The first-order valence-corrected chi connectivity index (χ1v) is 6.15. The van der Waals surface area contributed by atoms with Crippen molar-refractivity contribution in [3.63, 3.8) is 0 Å². The van der Waals surface area contributed by atoms with Gasteiger partial charge in [-0.05, 0) is 18.8 Å². The van der Waals surface area contributed by atoms with Gasteiger partial charge in [-0.2, -0.15) is 0 Å². The predicted octanol–water partition coefficient (Wildman–Crippen LogP) is 1.58. The van der Waals surface area contributed by atoms with Crippen molar-refractivity contribution in [1.29, 1.82) is 0 Å². The maximum Gasteiger partial charge on any atom is 0.328 e. The monoisotopic (exact) mass is 240 g/mol. The van der Waals surface area contributed by atoms with Crippen LogP contribution < -0.4 is 10.6 Å². The van der Waals surface area contributed by atoms with Crippen LogP contribution in [0.25, 0.3) is 0 Å². The Kier molecular flexibility index (Phi) is 4.26. The van der Waals surface area contributed by atoms with Gasteiger partial charge < -0.3 is 0 Å². The topological polar surface area (TPSA) is 75.3 Å². The number of amides is 4. The van der Waals surface area contributed by atoms with E-state index in [-0.39, 0.29) is 5.92 Å². The number of nitrogens with one attached hydrogen (secondary N) is 2. The highest BCUT2D eigenvalue weighted by Crippen LogP contribution is 2.36. The molecule has 1 aliphatic rings. The fourth-order valence-corrected chi connectivity index (χ4v) is 2.44. The molecule has 17 heavy (non-hydrogen) atoms. The highest BCUT2D eigenvalue weighted by Gasteiger charge is 2.52. The Morgan fingerprint density at radius 1 is 1.12 bits per heavy atom. The minimum atomic E-state index is -1.09. The Hall–Kier alpha value is -1.39. The molecule has 0 spiro atoms. The predicted molar refractivity (Wildman–Crippen MR) is 63.1 cm³/mol. The van der Waals surface area contributed by atoms with Gasteiger partial charge in [-0.1, -0.05) is 33.6 Å². The summed E-state index contributed by atoms with van der Waals surface area (Å²) in [4.78, 5) is 35.0. The lowest BCUT2D eigenvalue weighted by atomic mass is 9.69. The van der Waals surface area contributed by atoms with Gasteiger partial charge in [-0.25, -0.2) is 4.79 Å². The standard InChI is InChI=1S/C12H20N2O3/c1-4-6-7-8(3)12(5-2)9(15)13-11(17)14-10(12)16/h8H,4-7H2,1-3H3,(H2,13,14,15,16,17)/t8-/m1/s1. The summed E-state index contributed by atoms with van der Waals surface area (Å²) in [5.41, 5.74) is -1.09. The number of carbonyl (C=O) groups excluding carboxylic acids is 3. The number of carbonyl (C=O) groups is 3. The zero-order chi connectivity index (χ0) is 13.1. The number of rotatable bonds is 5. The Morgan fingerprint density at radius 2 is 1.65 bits per heavy atom. The van der Waals surface area contributed by atoms with Crippen LogP contribution in [0.5, 0.6) is 0 Å². The molecule has 0 aromatic carbocycles. The van der Waals surface area contributed by atoms with E-state index in [1.807, 2.05) is 6.92 Å². The Bertz CT molecular complexity index is 319. The average molecular weight is 240 g/mol. The van der Waals surface area contributed by atoms with Gasteiger partial charge in [-0.15, -0.1) is 0 Å². The Labute approximate surface area is 101 Å². The molecule has 4 amide bonds. The van der Waals surface area contributed by atoms with Crippen molar-refractivity contribution in [2.45, 2.75) is 46.5 Å². The zero-order valence-electron chi connectivity index (χ0n) is 10.6. The molecule has 1 saturated heterocycles. The second-order valence-corrected chi connectivity index (χ2v) is 4.61. The van der Waals surface area contributed by atoms with E-state index in [4.69, 9.17) is 0 Å². The normalized spacial score (nSPS) is 20.8. The molecule has 0 bridgehead atoms. The van der Waals surface area contributed by atoms with Crippen LogP contribution in [0.2, 0.25) is 0 Å². The van der Waals surface area contributed by atoms with E-state index in [9.17, 15) is 14.4 Å². The van der Waals surface area contributed by atoms with E-state index in [2.05, 4.69) is 17.6 Å². The van der Waals surface area contributed by atoms with Crippen molar-refractivity contribution in [2.75, 3.05) is 0 Å². The molecule has 1 aliphatic heterocycles. The molecule has 1 atom stereocenters. The molecular weight excluding hydrogens is 220 g/mol. The fraction of sp³-hybridized carbons (Fsp3) is 0.750. The number of barbiturate groups is 1. The molecule has 0 radical (unpaired) electrons. The minimum absolute atomic E-state index is 0.0689. The molecule has 0 unspecified atom stereocenters. The van der Waals surface area contributed by atoms with Crippen LogP contribution in [0.1, 0.15) is 46.5 Å². The lowest BCUT2D eigenvalue weighted by molar-refractivity contribution is -0.148. The molecule has 5 nitrogen and oxygen atoms in total. The van der Waals surface area contributed by atoms with E-state index in [0.717, 1.165) is 19.3 Å². The summed E-state index contributed by atoms with van der Waals surface area (Å²) in [6.07, 6.45) is 3.20. The highest BCUT2D eigenvalue weighted by atomic mass is 16.2. The molecule has 0 saturated carbocycles. The van der Waals surface area contributed by atoms with E-state index in [1.165, 1.54) is 0 Å². The first-order valence-electron chi connectivity index (χ1n) is 6.15. The number of unbranched alkanes of at least 4 members (excludes halogenated alkanes) is 1. The fourth-order valence-electron chi connectivity index (χ4n) is 2.44. The molecule has 96 valence electrons. The van der Waals surface area contributed by atoms with Crippen molar-refractivity contribution in [1.82, 2.24) is 10.6 Å². The van der Waals surface area contributed by atoms with Gasteiger partial charge in [-0.3, -0.25) is 20.2 Å². The van der Waals surface area contributed by atoms with Gasteiger partial charge in [0, 0.05) is 0 Å². The number of urea groups is 1. The third-order valence-electron chi connectivity index (χ3n) is 3.65. The van der Waals surface area contributed by atoms with Crippen LogP contribution in [-0.4, -0.2) is 17.8 Å². The van der Waals surface area contributed by atoms with Crippen molar-refractivity contribution in [2.24, 2.45) is 11.3 Å². The van der Waals surface area contributed by atoms with Crippen molar-refractivity contribution in [3.05, 3.63) is 0 Å². The lowest BCUT2D eigenvalue weighted by Gasteiger charge is -2.37. The molecule has 1 rings (SSSR count). The summed E-state index contributed by atoms with van der Waals surface area (Å²) in [7, 11) is 0. The van der Waals surface area contributed by atoms with Gasteiger partial charge in [0.25, 0.3) is 0 Å². The molecular formula is C12H20N2O3. The minimum Gasteiger partial charge on any atom is -0.277 e. The third-order valence-corrected chi connectivity index (χ3v) is 3.65. The van der Waals surface area contributed by atoms with Gasteiger partial charge in [0.1, 0.15) is 5.41 Å². The molecule has 1 fully saturated rings. The van der Waals surface area contributed by atoms with Crippen LogP contribution in [-0.2, 0) is 9.59 Å². The highest BCUT2D eigenvalue weighted by molar-refractivity contribution is 6.19. The molecule has 0 aromatic heterocycles. The summed E-state index contributed by atoms with van der Waals surface area (Å²) in [6.45, 7) is 5.77. The summed E-state index contributed by atoms with van der Waals surface area (Å²) in [6, 6.07) is -0.716. The second kappa shape index (κ2) is 5.29. The first kappa shape index (κ1) is 13.7. The van der Waals surface area contributed by atoms with Crippen LogP contribution in [0, 0.1) is 11.3 Å². The number of hydrogen-bond acceptors (Lipinski definition) is 3. The second-order valence-electron chi connectivity index (χ2n) is 4.61. The number of imide groups is 2. The average Bonchev–Trinajstić information content (AvgIpc) is 2.26. The molecule has 5 heteroatoms. The van der Waals surface area contributed by atoms with Crippen LogP contribution in [0.15, 0.2) is 0 Å². The van der Waals surface area contributed by atoms with Gasteiger partial charge in [0.05, 0.1) is 0 Å². The van der Waals surface area contributed by atoms with Crippen molar-refractivity contribution >= 4 is 17.8 Å². The molecule has 0 aromatic rings. The van der Waals surface area contributed by atoms with E-state index < -0.39 is 23.3 Å². The van der Waals surface area contributed by atoms with E-state index >= 15 is 0 Å². The maximum atomic E-state index is 12.0. The molecule has 2 N–H and O–H groups in total. The third kappa shape index (κ3) is 2.33. The zero-order valence-corrected chi connectivity index (χ0v) is 10.6. The van der Waals surface area contributed by atoms with Gasteiger partial charge in [0.15, 0.2) is 0 Å². The Morgan fingerprint density at radius 3 is 2.06 bits per heavy atom. The van der Waals surface area contributed by atoms with Crippen molar-refractivity contribution in [3.8, 4) is 0 Å². The van der Waals surface area contributed by atoms with E-state index in [0.29, 0.717) is 6.42 Å². The largest absolute Gasteiger partial charge is 0.328 e. The molecule has 1 heterocycles. The first-order chi connectivity index (χ1) is 7.98. The van der Waals surface area contributed by atoms with Crippen molar-refractivity contribution < 1.29 is 14.4 Å². The maximum absolute atomic E-state index is 12.0.